The minimum atomic E-state index is -1.35. The Morgan fingerprint density at radius 1 is 1.33 bits per heavy atom. The molecule has 2 aromatic rings. The van der Waals surface area contributed by atoms with Crippen LogP contribution in [0.2, 0.25) is 0 Å². The van der Waals surface area contributed by atoms with Gasteiger partial charge in [0.15, 0.2) is 0 Å². The van der Waals surface area contributed by atoms with E-state index in [0.29, 0.717) is 18.6 Å². The quantitative estimate of drug-likeness (QED) is 0.745. The van der Waals surface area contributed by atoms with Crippen LogP contribution < -0.4 is 16.1 Å². The Morgan fingerprint density at radius 2 is 2.00 bits per heavy atom. The molecule has 0 saturated carbocycles. The number of carboxylic acid groups (broad SMARTS) is 1. The van der Waals surface area contributed by atoms with Crippen LogP contribution in [0, 0.1) is 11.7 Å². The number of aliphatic hydroxyl groups is 1. The van der Waals surface area contributed by atoms with Crippen molar-refractivity contribution in [2.24, 2.45) is 11.7 Å². The van der Waals surface area contributed by atoms with Crippen molar-refractivity contribution < 1.29 is 19.4 Å². The molecule has 1 aliphatic heterocycles. The number of nitrogens with zero attached hydrogens (tertiary/aromatic N) is 2. The first-order valence-electron chi connectivity index (χ1n) is 8.80. The third kappa shape index (κ3) is 3.30. The van der Waals surface area contributed by atoms with E-state index in [9.17, 15) is 24.2 Å². The van der Waals surface area contributed by atoms with Crippen molar-refractivity contribution in [2.45, 2.75) is 32.4 Å². The highest BCUT2D eigenvalue weighted by Crippen LogP contribution is 2.31. The van der Waals surface area contributed by atoms with E-state index < -0.39 is 34.4 Å². The number of aromatic nitrogens is 1. The summed E-state index contributed by atoms with van der Waals surface area (Å²) in [6, 6.07) is 2.64. The van der Waals surface area contributed by atoms with Gasteiger partial charge in [0.2, 0.25) is 5.43 Å². The lowest BCUT2D eigenvalue weighted by Crippen LogP contribution is -2.28. The number of anilines is 1. The largest absolute Gasteiger partial charge is 0.477 e. The summed E-state index contributed by atoms with van der Waals surface area (Å²) >= 11 is 0. The van der Waals surface area contributed by atoms with Crippen molar-refractivity contribution in [1.29, 1.82) is 0 Å². The van der Waals surface area contributed by atoms with Gasteiger partial charge in [0.25, 0.3) is 0 Å². The summed E-state index contributed by atoms with van der Waals surface area (Å²) in [7, 11) is 0. The summed E-state index contributed by atoms with van der Waals surface area (Å²) in [4.78, 5) is 25.7. The molecule has 1 aromatic heterocycles. The molecule has 7 nitrogen and oxygen atoms in total. The number of aliphatic hydroxyl groups excluding tert-OH is 1. The smallest absolute Gasteiger partial charge is 0.341 e. The summed E-state index contributed by atoms with van der Waals surface area (Å²) in [5.74, 6) is -2.13. The number of pyridine rings is 1. The van der Waals surface area contributed by atoms with Crippen molar-refractivity contribution in [3.8, 4) is 0 Å². The summed E-state index contributed by atoms with van der Waals surface area (Å²) in [6.07, 6.45) is 0.653. The van der Waals surface area contributed by atoms with Gasteiger partial charge in [-0.3, -0.25) is 4.79 Å². The predicted molar refractivity (Wildman–Crippen MR) is 101 cm³/mol. The molecule has 0 aliphatic carbocycles. The van der Waals surface area contributed by atoms with E-state index in [1.807, 2.05) is 20.8 Å². The lowest BCUT2D eigenvalue weighted by atomic mass is 10.0. The Kier molecular flexibility index (Phi) is 4.73. The number of fused-ring (bicyclic) bond motifs is 1. The van der Waals surface area contributed by atoms with Crippen molar-refractivity contribution in [1.82, 2.24) is 4.57 Å². The molecule has 27 heavy (non-hydrogen) atoms. The minimum absolute atomic E-state index is 0.0150. The molecule has 8 heteroatoms. The Morgan fingerprint density at radius 3 is 2.52 bits per heavy atom. The number of hydrogen-bond acceptors (Lipinski definition) is 5. The highest BCUT2D eigenvalue weighted by atomic mass is 19.1. The number of halogens is 1. The number of carbonyl (C=O) groups is 1. The zero-order valence-corrected chi connectivity index (χ0v) is 15.6. The first kappa shape index (κ1) is 19.3. The minimum Gasteiger partial charge on any atom is -0.477 e. The Bertz CT molecular complexity index is 964. The lowest BCUT2D eigenvalue weighted by Gasteiger charge is -2.27. The van der Waals surface area contributed by atoms with Gasteiger partial charge < -0.3 is 25.4 Å². The molecule has 2 atom stereocenters. The molecule has 1 saturated heterocycles. The van der Waals surface area contributed by atoms with E-state index in [1.165, 1.54) is 6.20 Å². The SMILES string of the molecule is CC(C)(C)n1cc(C(=O)O)c(=O)c2cc(F)c(N3CC(O)C(CN)C3)cc21. The Balaban J connectivity index is 2.26. The number of rotatable bonds is 3. The second-order valence-electron chi connectivity index (χ2n) is 8.01. The van der Waals surface area contributed by atoms with Crippen molar-refractivity contribution in [2.75, 3.05) is 24.5 Å². The van der Waals surface area contributed by atoms with Crippen LogP contribution in [-0.4, -0.2) is 46.5 Å². The second-order valence-corrected chi connectivity index (χ2v) is 8.01. The van der Waals surface area contributed by atoms with Crippen LogP contribution in [0.25, 0.3) is 10.9 Å². The van der Waals surface area contributed by atoms with Gasteiger partial charge >= 0.3 is 5.97 Å². The van der Waals surface area contributed by atoms with Crippen LogP contribution in [-0.2, 0) is 5.54 Å². The molecule has 2 heterocycles. The van der Waals surface area contributed by atoms with E-state index >= 15 is 0 Å². The first-order valence-corrected chi connectivity index (χ1v) is 8.80. The fraction of sp³-hybridized carbons (Fsp3) is 0.474. The fourth-order valence-electron chi connectivity index (χ4n) is 3.57. The molecule has 1 fully saturated rings. The van der Waals surface area contributed by atoms with Gasteiger partial charge in [0.05, 0.1) is 17.3 Å². The number of benzene rings is 1. The number of hydrogen-bond donors (Lipinski definition) is 3. The fourth-order valence-corrected chi connectivity index (χ4v) is 3.57. The van der Waals surface area contributed by atoms with Gasteiger partial charge in [-0.1, -0.05) is 0 Å². The van der Waals surface area contributed by atoms with E-state index in [2.05, 4.69) is 0 Å². The highest BCUT2D eigenvalue weighted by Gasteiger charge is 2.32. The van der Waals surface area contributed by atoms with Crippen molar-refractivity contribution in [3.05, 3.63) is 39.9 Å². The van der Waals surface area contributed by atoms with Crippen LogP contribution in [0.5, 0.6) is 0 Å². The Hall–Kier alpha value is -2.45. The van der Waals surface area contributed by atoms with Gasteiger partial charge in [-0.2, -0.15) is 0 Å². The highest BCUT2D eigenvalue weighted by molar-refractivity contribution is 5.93. The standard InChI is InChI=1S/C19H24FN3O4/c1-19(2,3)23-8-12(18(26)27)17(25)11-4-13(20)15(5-14(11)23)22-7-10(6-21)16(24)9-22/h4-5,8,10,16,24H,6-7,9,21H2,1-3H3,(H,26,27). The lowest BCUT2D eigenvalue weighted by molar-refractivity contribution is 0.0694. The molecule has 4 N–H and O–H groups in total. The van der Waals surface area contributed by atoms with Crippen molar-refractivity contribution >= 4 is 22.6 Å². The topological polar surface area (TPSA) is 109 Å². The average Bonchev–Trinajstić information content (AvgIpc) is 2.94. The van der Waals surface area contributed by atoms with E-state index in [4.69, 9.17) is 5.73 Å². The third-order valence-corrected chi connectivity index (χ3v) is 5.08. The van der Waals surface area contributed by atoms with E-state index in [1.54, 1.807) is 15.5 Å². The normalized spacial score (nSPS) is 20.4. The van der Waals surface area contributed by atoms with Gasteiger partial charge in [-0.25, -0.2) is 9.18 Å². The van der Waals surface area contributed by atoms with Crippen LogP contribution in [0.4, 0.5) is 10.1 Å². The van der Waals surface area contributed by atoms with E-state index in [-0.39, 0.29) is 23.5 Å². The molecule has 0 spiro atoms. The molecule has 0 bridgehead atoms. The molecule has 0 amide bonds. The van der Waals surface area contributed by atoms with Gasteiger partial charge in [-0.05, 0) is 39.4 Å². The van der Waals surface area contributed by atoms with E-state index in [0.717, 1.165) is 6.07 Å². The average molecular weight is 377 g/mol. The molecular formula is C19H24FN3O4. The Labute approximate surface area is 155 Å². The van der Waals surface area contributed by atoms with Crippen LogP contribution in [0.1, 0.15) is 31.1 Å². The number of β-amino-alcohol motifs (C(OH)–C–C–N with tert-alkyl or cyclic N) is 1. The monoisotopic (exact) mass is 377 g/mol. The molecular weight excluding hydrogens is 353 g/mol. The zero-order valence-electron chi connectivity index (χ0n) is 15.6. The molecule has 1 aliphatic rings. The number of carboxylic acids is 1. The molecule has 146 valence electrons. The number of aromatic carboxylic acids is 1. The summed E-state index contributed by atoms with van der Waals surface area (Å²) in [6.45, 7) is 6.56. The van der Waals surface area contributed by atoms with Gasteiger partial charge in [0.1, 0.15) is 11.4 Å². The summed E-state index contributed by atoms with van der Waals surface area (Å²) < 4.78 is 16.5. The molecule has 0 radical (unpaired) electrons. The molecule has 1 aromatic carbocycles. The van der Waals surface area contributed by atoms with Gasteiger partial charge in [0, 0.05) is 36.1 Å². The second kappa shape index (κ2) is 6.61. The maximum atomic E-state index is 14.8. The van der Waals surface area contributed by atoms with Crippen molar-refractivity contribution in [3.63, 3.8) is 0 Å². The third-order valence-electron chi connectivity index (χ3n) is 5.08. The summed E-state index contributed by atoms with van der Waals surface area (Å²) in [5.41, 5.74) is 4.72. The molecule has 2 unspecified atom stereocenters. The predicted octanol–water partition coefficient (Wildman–Crippen LogP) is 1.35. The van der Waals surface area contributed by atoms with Crippen LogP contribution in [0.15, 0.2) is 23.1 Å². The van der Waals surface area contributed by atoms with Crippen LogP contribution >= 0.6 is 0 Å². The maximum absolute atomic E-state index is 14.8. The molecule has 3 rings (SSSR count). The summed E-state index contributed by atoms with van der Waals surface area (Å²) in [5, 5.41) is 19.4. The zero-order chi connectivity index (χ0) is 20.1. The van der Waals surface area contributed by atoms with Gasteiger partial charge in [-0.15, -0.1) is 0 Å². The number of nitrogens with two attached hydrogens (primary N) is 1. The van der Waals surface area contributed by atoms with Crippen LogP contribution in [0.3, 0.4) is 0 Å². The first-order chi connectivity index (χ1) is 12.5. The maximum Gasteiger partial charge on any atom is 0.341 e.